The number of piperidine rings is 1. The van der Waals surface area contributed by atoms with Gasteiger partial charge >= 0.3 is 0 Å². The molecule has 1 aliphatic heterocycles. The van der Waals surface area contributed by atoms with Crippen molar-refractivity contribution in [2.24, 2.45) is 0 Å². The van der Waals surface area contributed by atoms with Crippen molar-refractivity contribution in [3.8, 4) is 0 Å². The fourth-order valence-electron chi connectivity index (χ4n) is 2.70. The van der Waals surface area contributed by atoms with Crippen molar-refractivity contribution in [2.75, 3.05) is 31.6 Å². The van der Waals surface area contributed by atoms with Gasteiger partial charge in [0.2, 0.25) is 5.91 Å². The molecule has 0 aliphatic carbocycles. The van der Waals surface area contributed by atoms with Gasteiger partial charge in [-0.25, -0.2) is 0 Å². The van der Waals surface area contributed by atoms with Crippen LogP contribution in [0.4, 0.5) is 5.69 Å². The lowest BCUT2D eigenvalue weighted by atomic mass is 10.0. The Morgan fingerprint density at radius 2 is 1.96 bits per heavy atom. The van der Waals surface area contributed by atoms with E-state index in [1.807, 2.05) is 6.07 Å². The molecule has 1 amide bonds. The molecule has 132 valence electrons. The van der Waals surface area contributed by atoms with Crippen LogP contribution in [-0.2, 0) is 4.79 Å². The molecule has 1 fully saturated rings. The number of carbonyl (C=O) groups is 1. The number of para-hydroxylation sites is 1. The number of unbranched alkanes of at least 4 members (excludes halogenated alkanes) is 1. The summed E-state index contributed by atoms with van der Waals surface area (Å²) in [6.07, 6.45) is 5.44. The average molecular weight is 362 g/mol. The zero-order valence-electron chi connectivity index (χ0n) is 13.8. The molecule has 0 aromatic heterocycles. The zero-order valence-corrected chi connectivity index (χ0v) is 15.4. The molecule has 2 rings (SSSR count). The number of rotatable bonds is 7. The van der Waals surface area contributed by atoms with E-state index in [0.29, 0.717) is 0 Å². The zero-order chi connectivity index (χ0) is 14.9. The minimum Gasteiger partial charge on any atom is -0.375 e. The minimum absolute atomic E-state index is 0. The summed E-state index contributed by atoms with van der Waals surface area (Å²) in [5.74, 6) is 0.172. The Labute approximate surface area is 152 Å². The third-order valence-electron chi connectivity index (χ3n) is 4.04. The van der Waals surface area contributed by atoms with Crippen molar-refractivity contribution in [3.63, 3.8) is 0 Å². The molecular formula is C17H29Cl2N3O. The normalized spacial score (nSPS) is 16.7. The predicted octanol–water partition coefficient (Wildman–Crippen LogP) is 3.00. The van der Waals surface area contributed by atoms with Crippen molar-refractivity contribution in [1.82, 2.24) is 10.6 Å². The van der Waals surface area contributed by atoms with E-state index in [-0.39, 0.29) is 36.8 Å². The molecule has 1 aromatic rings. The van der Waals surface area contributed by atoms with Gasteiger partial charge in [0, 0.05) is 25.8 Å². The minimum atomic E-state index is 0. The van der Waals surface area contributed by atoms with Gasteiger partial charge in [0.15, 0.2) is 0 Å². The quantitative estimate of drug-likeness (QED) is 0.733. The first-order chi connectivity index (χ1) is 10.3. The lowest BCUT2D eigenvalue weighted by Gasteiger charge is -2.22. The maximum atomic E-state index is 11.9. The van der Waals surface area contributed by atoms with E-state index in [9.17, 15) is 4.79 Å². The van der Waals surface area contributed by atoms with Crippen LogP contribution in [0.2, 0.25) is 0 Å². The number of carbonyl (C=O) groups excluding carboxylic acids is 1. The Balaban J connectivity index is 0.00000242. The van der Waals surface area contributed by atoms with Crippen LogP contribution in [0.15, 0.2) is 30.3 Å². The van der Waals surface area contributed by atoms with E-state index in [2.05, 4.69) is 46.8 Å². The van der Waals surface area contributed by atoms with Gasteiger partial charge in [0.05, 0.1) is 6.04 Å². The second-order valence-corrected chi connectivity index (χ2v) is 5.76. The fraction of sp³-hybridized carbons (Fsp3) is 0.588. The van der Waals surface area contributed by atoms with Crippen LogP contribution in [-0.4, -0.2) is 38.6 Å². The van der Waals surface area contributed by atoms with Gasteiger partial charge in [0.1, 0.15) is 0 Å². The van der Waals surface area contributed by atoms with E-state index in [1.165, 1.54) is 12.1 Å². The summed E-state index contributed by atoms with van der Waals surface area (Å²) in [5, 5.41) is 6.33. The Hall–Kier alpha value is -0.970. The number of nitrogens with zero attached hydrogens (tertiary/aromatic N) is 1. The number of halogens is 2. The van der Waals surface area contributed by atoms with Gasteiger partial charge in [-0.3, -0.25) is 4.79 Å². The van der Waals surface area contributed by atoms with Crippen LogP contribution in [0.25, 0.3) is 0 Å². The maximum absolute atomic E-state index is 11.9. The van der Waals surface area contributed by atoms with Gasteiger partial charge < -0.3 is 15.5 Å². The summed E-state index contributed by atoms with van der Waals surface area (Å²) < 4.78 is 0. The SMILES string of the molecule is CN(CCCCNC(=O)[C@H]1CCCCN1)c1ccccc1.Cl.Cl. The van der Waals surface area contributed by atoms with Crippen LogP contribution in [0.3, 0.4) is 0 Å². The number of anilines is 1. The summed E-state index contributed by atoms with van der Waals surface area (Å²) in [7, 11) is 2.11. The van der Waals surface area contributed by atoms with E-state index < -0.39 is 0 Å². The van der Waals surface area contributed by atoms with Gasteiger partial charge in [0.25, 0.3) is 0 Å². The van der Waals surface area contributed by atoms with Gasteiger partial charge in [-0.15, -0.1) is 24.8 Å². The number of nitrogens with one attached hydrogen (secondary N) is 2. The number of hydrogen-bond donors (Lipinski definition) is 2. The lowest BCUT2D eigenvalue weighted by Crippen LogP contribution is -2.46. The Bertz CT molecular complexity index is 425. The van der Waals surface area contributed by atoms with Crippen LogP contribution in [0, 0.1) is 0 Å². The molecule has 1 atom stereocenters. The Morgan fingerprint density at radius 1 is 1.22 bits per heavy atom. The second kappa shape index (κ2) is 12.5. The first kappa shape index (κ1) is 22.0. The molecular weight excluding hydrogens is 333 g/mol. The molecule has 1 aromatic carbocycles. The molecule has 1 heterocycles. The summed E-state index contributed by atoms with van der Waals surface area (Å²) in [4.78, 5) is 14.2. The topological polar surface area (TPSA) is 44.4 Å². The molecule has 1 aliphatic rings. The molecule has 0 bridgehead atoms. The highest BCUT2D eigenvalue weighted by atomic mass is 35.5. The monoisotopic (exact) mass is 361 g/mol. The third kappa shape index (κ3) is 7.91. The van der Waals surface area contributed by atoms with Gasteiger partial charge in [-0.05, 0) is 44.4 Å². The van der Waals surface area contributed by atoms with E-state index in [0.717, 1.165) is 45.3 Å². The fourth-order valence-corrected chi connectivity index (χ4v) is 2.70. The smallest absolute Gasteiger partial charge is 0.237 e. The Kier molecular flexibility index (Phi) is 11.9. The number of benzene rings is 1. The molecule has 0 radical (unpaired) electrons. The van der Waals surface area contributed by atoms with Crippen LogP contribution >= 0.6 is 24.8 Å². The van der Waals surface area contributed by atoms with E-state index in [4.69, 9.17) is 0 Å². The molecule has 6 heteroatoms. The van der Waals surface area contributed by atoms with Gasteiger partial charge in [-0.2, -0.15) is 0 Å². The number of amides is 1. The predicted molar refractivity (Wildman–Crippen MR) is 102 cm³/mol. The molecule has 2 N–H and O–H groups in total. The van der Waals surface area contributed by atoms with Crippen molar-refractivity contribution in [1.29, 1.82) is 0 Å². The van der Waals surface area contributed by atoms with Crippen LogP contribution in [0.5, 0.6) is 0 Å². The largest absolute Gasteiger partial charge is 0.375 e. The average Bonchev–Trinajstić information content (AvgIpc) is 2.55. The number of hydrogen-bond acceptors (Lipinski definition) is 3. The highest BCUT2D eigenvalue weighted by Gasteiger charge is 2.19. The molecule has 4 nitrogen and oxygen atoms in total. The van der Waals surface area contributed by atoms with Crippen LogP contribution < -0.4 is 15.5 Å². The summed E-state index contributed by atoms with van der Waals surface area (Å²) in [5.41, 5.74) is 1.24. The van der Waals surface area contributed by atoms with Crippen molar-refractivity contribution in [2.45, 2.75) is 38.1 Å². The highest BCUT2D eigenvalue weighted by molar-refractivity contribution is 5.85. The lowest BCUT2D eigenvalue weighted by molar-refractivity contribution is -0.123. The van der Waals surface area contributed by atoms with Crippen molar-refractivity contribution < 1.29 is 4.79 Å². The van der Waals surface area contributed by atoms with Crippen LogP contribution in [0.1, 0.15) is 32.1 Å². The summed E-state index contributed by atoms with van der Waals surface area (Å²) in [6.45, 7) is 2.77. The maximum Gasteiger partial charge on any atom is 0.237 e. The van der Waals surface area contributed by atoms with E-state index in [1.54, 1.807) is 0 Å². The van der Waals surface area contributed by atoms with E-state index >= 15 is 0 Å². The Morgan fingerprint density at radius 3 is 2.61 bits per heavy atom. The second-order valence-electron chi connectivity index (χ2n) is 5.76. The standard InChI is InChI=1S/C17H27N3O.2ClH/c1-20(15-9-3-2-4-10-15)14-8-7-13-19-17(21)16-11-5-6-12-18-16;;/h2-4,9-10,16,18H,5-8,11-14H2,1H3,(H,19,21);2*1H/t16-;;/m1../s1. The summed E-state index contributed by atoms with van der Waals surface area (Å²) in [6, 6.07) is 10.4. The highest BCUT2D eigenvalue weighted by Crippen LogP contribution is 2.11. The van der Waals surface area contributed by atoms with Crippen molar-refractivity contribution >= 4 is 36.4 Å². The molecule has 0 spiro atoms. The first-order valence-electron chi connectivity index (χ1n) is 8.04. The summed E-state index contributed by atoms with van der Waals surface area (Å²) >= 11 is 0. The van der Waals surface area contributed by atoms with Crippen molar-refractivity contribution in [3.05, 3.63) is 30.3 Å². The third-order valence-corrected chi connectivity index (χ3v) is 4.04. The molecule has 0 saturated carbocycles. The molecule has 0 unspecified atom stereocenters. The van der Waals surface area contributed by atoms with Gasteiger partial charge in [-0.1, -0.05) is 24.6 Å². The molecule has 23 heavy (non-hydrogen) atoms. The first-order valence-corrected chi connectivity index (χ1v) is 8.04. The molecule has 1 saturated heterocycles.